The molecule has 1 aromatic heterocycles. The van der Waals surface area contributed by atoms with Gasteiger partial charge in [-0.1, -0.05) is 13.3 Å². The number of rotatable bonds is 6. The van der Waals surface area contributed by atoms with Crippen molar-refractivity contribution in [3.8, 4) is 0 Å². The fourth-order valence-corrected chi connectivity index (χ4v) is 3.03. The predicted molar refractivity (Wildman–Crippen MR) is 62.4 cm³/mol. The van der Waals surface area contributed by atoms with E-state index in [0.717, 1.165) is 17.1 Å². The maximum atomic E-state index is 11.4. The molecule has 0 aromatic carbocycles. The molecule has 1 aromatic rings. The Morgan fingerprint density at radius 1 is 1.53 bits per heavy atom. The van der Waals surface area contributed by atoms with E-state index in [2.05, 4.69) is 9.71 Å². The Morgan fingerprint density at radius 2 is 2.27 bits per heavy atom. The molecular weight excluding hydrogens is 232 g/mol. The summed E-state index contributed by atoms with van der Waals surface area (Å²) in [4.78, 5) is 4.19. The molecule has 0 aliphatic carbocycles. The Balaban J connectivity index is 2.42. The van der Waals surface area contributed by atoms with Gasteiger partial charge < -0.3 is 0 Å². The van der Waals surface area contributed by atoms with Gasteiger partial charge in [0.2, 0.25) is 10.0 Å². The molecule has 0 saturated carbocycles. The van der Waals surface area contributed by atoms with Crippen molar-refractivity contribution in [1.82, 2.24) is 9.71 Å². The van der Waals surface area contributed by atoms with Gasteiger partial charge in [0.1, 0.15) is 5.01 Å². The zero-order valence-electron chi connectivity index (χ0n) is 8.99. The molecule has 1 heterocycles. The smallest absolute Gasteiger partial charge is 0.211 e. The average molecular weight is 248 g/mol. The van der Waals surface area contributed by atoms with E-state index in [0.29, 0.717) is 13.0 Å². The zero-order valence-corrected chi connectivity index (χ0v) is 10.6. The normalized spacial score (nSPS) is 11.9. The van der Waals surface area contributed by atoms with Crippen LogP contribution in [0.25, 0.3) is 0 Å². The Bertz CT molecular complexity index is 398. The van der Waals surface area contributed by atoms with Gasteiger partial charge in [-0.2, -0.15) is 0 Å². The maximum Gasteiger partial charge on any atom is 0.211 e. The van der Waals surface area contributed by atoms with Crippen molar-refractivity contribution in [2.45, 2.75) is 33.2 Å². The van der Waals surface area contributed by atoms with Gasteiger partial charge in [0, 0.05) is 11.1 Å². The molecule has 0 atom stereocenters. The molecule has 0 unspecified atom stereocenters. The number of aryl methyl sites for hydroxylation is 1. The topological polar surface area (TPSA) is 59.1 Å². The van der Waals surface area contributed by atoms with Crippen LogP contribution in [-0.4, -0.2) is 19.2 Å². The van der Waals surface area contributed by atoms with Crippen molar-refractivity contribution in [2.75, 3.05) is 5.75 Å². The van der Waals surface area contributed by atoms with Gasteiger partial charge in [0.25, 0.3) is 0 Å². The summed E-state index contributed by atoms with van der Waals surface area (Å²) < 4.78 is 25.4. The molecule has 0 radical (unpaired) electrons. The van der Waals surface area contributed by atoms with E-state index in [1.165, 1.54) is 11.3 Å². The minimum Gasteiger partial charge on any atom is -0.245 e. The molecule has 0 fully saturated rings. The van der Waals surface area contributed by atoms with Crippen LogP contribution in [-0.2, 0) is 16.6 Å². The third-order valence-corrected chi connectivity index (χ3v) is 4.25. The minimum absolute atomic E-state index is 0.202. The van der Waals surface area contributed by atoms with E-state index in [4.69, 9.17) is 0 Å². The van der Waals surface area contributed by atoms with E-state index >= 15 is 0 Å². The van der Waals surface area contributed by atoms with Gasteiger partial charge in [-0.15, -0.1) is 11.3 Å². The summed E-state index contributed by atoms with van der Waals surface area (Å²) in [6, 6.07) is 0. The number of hydrogen-bond acceptors (Lipinski definition) is 4. The molecule has 4 nitrogen and oxygen atoms in total. The van der Waals surface area contributed by atoms with Crippen molar-refractivity contribution in [3.05, 3.63) is 16.1 Å². The number of nitrogens with zero attached hydrogens (tertiary/aromatic N) is 1. The van der Waals surface area contributed by atoms with Crippen LogP contribution in [0.2, 0.25) is 0 Å². The van der Waals surface area contributed by atoms with Crippen molar-refractivity contribution in [3.63, 3.8) is 0 Å². The first-order chi connectivity index (χ1) is 7.03. The highest BCUT2D eigenvalue weighted by atomic mass is 32.2. The van der Waals surface area contributed by atoms with Crippen LogP contribution in [0, 0.1) is 6.92 Å². The third kappa shape index (κ3) is 4.72. The number of aromatic nitrogens is 1. The van der Waals surface area contributed by atoms with Crippen molar-refractivity contribution < 1.29 is 8.42 Å². The fraction of sp³-hybridized carbons (Fsp3) is 0.667. The number of unbranched alkanes of at least 4 members (excludes halogenated alkanes) is 1. The quantitative estimate of drug-likeness (QED) is 0.833. The number of nitrogens with one attached hydrogen (secondary N) is 1. The lowest BCUT2D eigenvalue weighted by molar-refractivity contribution is 0.577. The lowest BCUT2D eigenvalue weighted by atomic mass is 10.4. The van der Waals surface area contributed by atoms with Crippen molar-refractivity contribution in [1.29, 1.82) is 0 Å². The summed E-state index contributed by atoms with van der Waals surface area (Å²) in [6.07, 6.45) is 1.59. The monoisotopic (exact) mass is 248 g/mol. The second-order valence-electron chi connectivity index (χ2n) is 3.38. The van der Waals surface area contributed by atoms with Crippen LogP contribution in [0.1, 0.15) is 30.5 Å². The summed E-state index contributed by atoms with van der Waals surface area (Å²) in [5.41, 5.74) is 0.933. The van der Waals surface area contributed by atoms with E-state index in [1.54, 1.807) is 0 Å². The molecule has 0 saturated heterocycles. The van der Waals surface area contributed by atoms with Crippen LogP contribution in [0.3, 0.4) is 0 Å². The van der Waals surface area contributed by atoms with Gasteiger partial charge in [-0.3, -0.25) is 0 Å². The van der Waals surface area contributed by atoms with Gasteiger partial charge in [0.15, 0.2) is 0 Å². The first-order valence-corrected chi connectivity index (χ1v) is 7.45. The minimum atomic E-state index is -3.12. The molecule has 0 aliphatic heterocycles. The first kappa shape index (κ1) is 12.6. The summed E-state index contributed by atoms with van der Waals surface area (Å²) in [5.74, 6) is 0.202. The van der Waals surface area contributed by atoms with Crippen LogP contribution in [0.4, 0.5) is 0 Å². The second-order valence-corrected chi connectivity index (χ2v) is 6.25. The molecule has 6 heteroatoms. The van der Waals surface area contributed by atoms with E-state index < -0.39 is 10.0 Å². The van der Waals surface area contributed by atoms with Gasteiger partial charge in [0.05, 0.1) is 12.3 Å². The summed E-state index contributed by atoms with van der Waals surface area (Å²) in [7, 11) is -3.12. The van der Waals surface area contributed by atoms with E-state index in [-0.39, 0.29) is 5.75 Å². The lowest BCUT2D eigenvalue weighted by Gasteiger charge is -2.03. The Labute approximate surface area is 94.8 Å². The van der Waals surface area contributed by atoms with Crippen LogP contribution < -0.4 is 4.72 Å². The summed E-state index contributed by atoms with van der Waals surface area (Å²) in [5, 5.41) is 2.72. The number of thiazole rings is 1. The molecule has 0 bridgehead atoms. The first-order valence-electron chi connectivity index (χ1n) is 4.92. The van der Waals surface area contributed by atoms with Crippen LogP contribution in [0.15, 0.2) is 5.38 Å². The molecule has 0 amide bonds. The second kappa shape index (κ2) is 5.58. The molecule has 0 aliphatic rings. The highest BCUT2D eigenvalue weighted by molar-refractivity contribution is 7.89. The zero-order chi connectivity index (χ0) is 11.3. The third-order valence-electron chi connectivity index (χ3n) is 1.88. The Hall–Kier alpha value is -0.460. The van der Waals surface area contributed by atoms with Crippen LogP contribution >= 0.6 is 11.3 Å². The Morgan fingerprint density at radius 3 is 2.80 bits per heavy atom. The lowest BCUT2D eigenvalue weighted by Crippen LogP contribution is -2.25. The molecule has 1 rings (SSSR count). The average Bonchev–Trinajstić information content (AvgIpc) is 2.59. The molecule has 15 heavy (non-hydrogen) atoms. The molecule has 1 N–H and O–H groups in total. The molecule has 0 spiro atoms. The molecular formula is C9H16N2O2S2. The number of hydrogen-bond donors (Lipinski definition) is 1. The van der Waals surface area contributed by atoms with E-state index in [1.807, 2.05) is 19.2 Å². The molecule has 86 valence electrons. The highest BCUT2D eigenvalue weighted by Crippen LogP contribution is 2.08. The summed E-state index contributed by atoms with van der Waals surface area (Å²) >= 11 is 1.48. The van der Waals surface area contributed by atoms with Crippen LogP contribution in [0.5, 0.6) is 0 Å². The highest BCUT2D eigenvalue weighted by Gasteiger charge is 2.09. The van der Waals surface area contributed by atoms with Gasteiger partial charge in [-0.05, 0) is 13.3 Å². The maximum absolute atomic E-state index is 11.4. The van der Waals surface area contributed by atoms with Crippen molar-refractivity contribution >= 4 is 21.4 Å². The van der Waals surface area contributed by atoms with Crippen molar-refractivity contribution in [2.24, 2.45) is 0 Å². The van der Waals surface area contributed by atoms with Gasteiger partial charge in [-0.25, -0.2) is 18.1 Å². The largest absolute Gasteiger partial charge is 0.245 e. The number of sulfonamides is 1. The Kier molecular flexibility index (Phi) is 4.69. The SMILES string of the molecule is CCCCS(=O)(=O)NCc1nc(C)cs1. The predicted octanol–water partition coefficient (Wildman–Crippen LogP) is 1.67. The summed E-state index contributed by atoms with van der Waals surface area (Å²) in [6.45, 7) is 4.18. The standard InChI is InChI=1S/C9H16N2O2S2/c1-3-4-5-15(12,13)10-6-9-11-8(2)7-14-9/h7,10H,3-6H2,1-2H3. The van der Waals surface area contributed by atoms with Gasteiger partial charge >= 0.3 is 0 Å². The van der Waals surface area contributed by atoms with E-state index in [9.17, 15) is 8.42 Å². The fourth-order valence-electron chi connectivity index (χ4n) is 1.06.